The van der Waals surface area contributed by atoms with Gasteiger partial charge in [0.2, 0.25) is 0 Å². The lowest BCUT2D eigenvalue weighted by molar-refractivity contribution is -0.147. The zero-order chi connectivity index (χ0) is 12.9. The molecule has 0 aliphatic heterocycles. The smallest absolute Gasteiger partial charge is 0.401 e. The number of aliphatic hydroxyl groups excluding tert-OH is 1. The Morgan fingerprint density at radius 3 is 2.41 bits per heavy atom. The molecule has 0 atom stereocenters. The van der Waals surface area contributed by atoms with Crippen molar-refractivity contribution in [1.29, 1.82) is 0 Å². The zero-order valence-corrected chi connectivity index (χ0v) is 9.63. The third-order valence-corrected chi connectivity index (χ3v) is 2.20. The molecule has 0 saturated heterocycles. The molecule has 0 unspecified atom stereocenters. The molecule has 1 N–H and O–H groups in total. The molecular formula is C11H16F3NO2. The highest BCUT2D eigenvalue weighted by Crippen LogP contribution is 2.19. The summed E-state index contributed by atoms with van der Waals surface area (Å²) in [6.45, 7) is 1.09. The van der Waals surface area contributed by atoms with E-state index in [0.717, 1.165) is 0 Å². The third kappa shape index (κ3) is 5.23. The van der Waals surface area contributed by atoms with Crippen LogP contribution in [0.4, 0.5) is 13.2 Å². The first-order chi connectivity index (χ1) is 7.94. The number of aliphatic hydroxyl groups is 1. The van der Waals surface area contributed by atoms with Crippen LogP contribution in [0.25, 0.3) is 0 Å². The molecular weight excluding hydrogens is 235 g/mol. The summed E-state index contributed by atoms with van der Waals surface area (Å²) in [5.74, 6) is 0.801. The van der Waals surface area contributed by atoms with Crippen molar-refractivity contribution in [3.8, 4) is 0 Å². The number of hydrogen-bond acceptors (Lipinski definition) is 3. The van der Waals surface area contributed by atoms with E-state index in [0.29, 0.717) is 24.5 Å². The van der Waals surface area contributed by atoms with Crippen LogP contribution in [0, 0.1) is 0 Å². The average Bonchev–Trinajstić information content (AvgIpc) is 2.63. The monoisotopic (exact) mass is 251 g/mol. The predicted octanol–water partition coefficient (Wildman–Crippen LogP) is 2.55. The number of alkyl halides is 3. The second-order valence-electron chi connectivity index (χ2n) is 3.85. The summed E-state index contributed by atoms with van der Waals surface area (Å²) in [6.07, 6.45) is -3.56. The van der Waals surface area contributed by atoms with Crippen molar-refractivity contribution in [2.24, 2.45) is 0 Å². The first-order valence-electron chi connectivity index (χ1n) is 5.42. The van der Waals surface area contributed by atoms with E-state index in [4.69, 9.17) is 9.52 Å². The van der Waals surface area contributed by atoms with Crippen LogP contribution in [-0.4, -0.2) is 29.3 Å². The van der Waals surface area contributed by atoms with Gasteiger partial charge in [0.25, 0.3) is 0 Å². The standard InChI is InChI=1S/C11H16F3NO2/c1-2-5-15(8-11(12,13)14)6-9-3-4-10(7-16)17-9/h3-4,16H,2,5-8H2,1H3. The van der Waals surface area contributed by atoms with Crippen LogP contribution in [0.5, 0.6) is 0 Å². The molecule has 0 amide bonds. The molecule has 1 aromatic rings. The van der Waals surface area contributed by atoms with Crippen LogP contribution in [0.1, 0.15) is 24.9 Å². The van der Waals surface area contributed by atoms with Gasteiger partial charge in [-0.2, -0.15) is 13.2 Å². The maximum Gasteiger partial charge on any atom is 0.401 e. The van der Waals surface area contributed by atoms with Gasteiger partial charge in [0.05, 0.1) is 13.1 Å². The maximum absolute atomic E-state index is 12.3. The van der Waals surface area contributed by atoms with Crippen molar-refractivity contribution >= 4 is 0 Å². The van der Waals surface area contributed by atoms with Crippen molar-refractivity contribution in [3.05, 3.63) is 23.7 Å². The van der Waals surface area contributed by atoms with Crippen LogP contribution < -0.4 is 0 Å². The summed E-state index contributed by atoms with van der Waals surface area (Å²) in [7, 11) is 0. The fraction of sp³-hybridized carbons (Fsp3) is 0.636. The number of furan rings is 1. The molecule has 98 valence electrons. The maximum atomic E-state index is 12.3. The van der Waals surface area contributed by atoms with Gasteiger partial charge in [0.15, 0.2) is 0 Å². The fourth-order valence-electron chi connectivity index (χ4n) is 1.60. The molecule has 0 bridgehead atoms. The minimum atomic E-state index is -4.21. The van der Waals surface area contributed by atoms with Crippen LogP contribution in [-0.2, 0) is 13.2 Å². The number of halogens is 3. The second kappa shape index (κ2) is 6.07. The molecule has 0 spiro atoms. The van der Waals surface area contributed by atoms with Gasteiger partial charge in [-0.3, -0.25) is 4.90 Å². The molecule has 0 saturated carbocycles. The summed E-state index contributed by atoms with van der Waals surface area (Å²) in [6, 6.07) is 3.15. The summed E-state index contributed by atoms with van der Waals surface area (Å²) < 4.78 is 42.0. The van der Waals surface area contributed by atoms with Gasteiger partial charge in [-0.1, -0.05) is 6.92 Å². The Hall–Kier alpha value is -1.01. The number of nitrogens with zero attached hydrogens (tertiary/aromatic N) is 1. The van der Waals surface area contributed by atoms with E-state index in [2.05, 4.69) is 0 Å². The molecule has 3 nitrogen and oxygen atoms in total. The van der Waals surface area contributed by atoms with Gasteiger partial charge >= 0.3 is 6.18 Å². The zero-order valence-electron chi connectivity index (χ0n) is 9.63. The summed E-state index contributed by atoms with van der Waals surface area (Å²) in [4.78, 5) is 1.28. The molecule has 0 aliphatic rings. The van der Waals surface area contributed by atoms with Gasteiger partial charge in [-0.05, 0) is 25.1 Å². The van der Waals surface area contributed by atoms with Crippen molar-refractivity contribution in [1.82, 2.24) is 4.90 Å². The summed E-state index contributed by atoms with van der Waals surface area (Å²) in [5.41, 5.74) is 0. The Balaban J connectivity index is 2.59. The van der Waals surface area contributed by atoms with Gasteiger partial charge in [0, 0.05) is 0 Å². The SMILES string of the molecule is CCCN(Cc1ccc(CO)o1)CC(F)(F)F. The van der Waals surface area contributed by atoms with Crippen LogP contribution in [0.2, 0.25) is 0 Å². The average molecular weight is 251 g/mol. The number of hydrogen-bond donors (Lipinski definition) is 1. The van der Waals surface area contributed by atoms with Gasteiger partial charge in [-0.25, -0.2) is 0 Å². The molecule has 1 aromatic heterocycles. The molecule has 1 heterocycles. The van der Waals surface area contributed by atoms with E-state index < -0.39 is 12.7 Å². The molecule has 17 heavy (non-hydrogen) atoms. The van der Waals surface area contributed by atoms with Crippen molar-refractivity contribution < 1.29 is 22.7 Å². The lowest BCUT2D eigenvalue weighted by Crippen LogP contribution is -2.34. The first-order valence-corrected chi connectivity index (χ1v) is 5.42. The van der Waals surface area contributed by atoms with E-state index in [1.165, 1.54) is 4.90 Å². The predicted molar refractivity (Wildman–Crippen MR) is 56.3 cm³/mol. The minimum absolute atomic E-state index is 0.105. The van der Waals surface area contributed by atoms with E-state index in [1.54, 1.807) is 12.1 Å². The van der Waals surface area contributed by atoms with Crippen molar-refractivity contribution in [2.75, 3.05) is 13.1 Å². The molecule has 0 fully saturated rings. The second-order valence-corrected chi connectivity index (χ2v) is 3.85. The third-order valence-electron chi connectivity index (χ3n) is 2.20. The molecule has 0 aromatic carbocycles. The minimum Gasteiger partial charge on any atom is -0.462 e. The van der Waals surface area contributed by atoms with Crippen molar-refractivity contribution in [3.63, 3.8) is 0 Å². The van der Waals surface area contributed by atoms with Gasteiger partial charge in [0.1, 0.15) is 18.1 Å². The van der Waals surface area contributed by atoms with E-state index in [-0.39, 0.29) is 13.2 Å². The van der Waals surface area contributed by atoms with Crippen molar-refractivity contribution in [2.45, 2.75) is 32.7 Å². The van der Waals surface area contributed by atoms with Crippen LogP contribution in [0.3, 0.4) is 0 Å². The lowest BCUT2D eigenvalue weighted by atomic mass is 10.3. The Bertz CT molecular complexity index is 336. The lowest BCUT2D eigenvalue weighted by Gasteiger charge is -2.21. The Labute approximate surface area is 97.8 Å². The number of rotatable bonds is 6. The van der Waals surface area contributed by atoms with E-state index in [9.17, 15) is 13.2 Å². The topological polar surface area (TPSA) is 36.6 Å². The highest BCUT2D eigenvalue weighted by molar-refractivity contribution is 5.06. The largest absolute Gasteiger partial charge is 0.462 e. The Morgan fingerprint density at radius 1 is 1.29 bits per heavy atom. The quantitative estimate of drug-likeness (QED) is 0.844. The van der Waals surface area contributed by atoms with Crippen LogP contribution in [0.15, 0.2) is 16.5 Å². The van der Waals surface area contributed by atoms with E-state index >= 15 is 0 Å². The van der Waals surface area contributed by atoms with E-state index in [1.807, 2.05) is 6.92 Å². The Kier molecular flexibility index (Phi) is 5.02. The first kappa shape index (κ1) is 14.1. The molecule has 0 radical (unpaired) electrons. The molecule has 0 aliphatic carbocycles. The molecule has 1 rings (SSSR count). The summed E-state index contributed by atoms with van der Waals surface area (Å²) in [5, 5.41) is 8.79. The summed E-state index contributed by atoms with van der Waals surface area (Å²) >= 11 is 0. The Morgan fingerprint density at radius 2 is 1.94 bits per heavy atom. The fourth-order valence-corrected chi connectivity index (χ4v) is 1.60. The highest BCUT2D eigenvalue weighted by Gasteiger charge is 2.30. The van der Waals surface area contributed by atoms with Crippen LogP contribution >= 0.6 is 0 Å². The highest BCUT2D eigenvalue weighted by atomic mass is 19.4. The normalized spacial score (nSPS) is 12.4. The molecule has 6 heteroatoms. The van der Waals surface area contributed by atoms with Gasteiger partial charge < -0.3 is 9.52 Å². The van der Waals surface area contributed by atoms with Gasteiger partial charge in [-0.15, -0.1) is 0 Å².